The van der Waals surface area contributed by atoms with Gasteiger partial charge in [-0.15, -0.1) is 11.3 Å². The SMILES string of the molecule is Cc1cnc(C2(O)CC3CCC(C2)N3C(=O)OC(C)(C)C)s1. The molecule has 2 aliphatic rings. The lowest BCUT2D eigenvalue weighted by Gasteiger charge is -2.43. The van der Waals surface area contributed by atoms with Crippen LogP contribution in [0.15, 0.2) is 6.20 Å². The number of aliphatic hydroxyl groups is 1. The minimum Gasteiger partial charge on any atom is -0.444 e. The number of ether oxygens (including phenoxy) is 1. The molecule has 5 nitrogen and oxygen atoms in total. The van der Waals surface area contributed by atoms with Crippen LogP contribution in [0.25, 0.3) is 0 Å². The van der Waals surface area contributed by atoms with Gasteiger partial charge in [0.25, 0.3) is 0 Å². The van der Waals surface area contributed by atoms with Gasteiger partial charge in [-0.05, 0) is 40.5 Å². The molecule has 122 valence electrons. The zero-order chi connectivity index (χ0) is 16.1. The van der Waals surface area contributed by atoms with Crippen molar-refractivity contribution in [3.05, 3.63) is 16.1 Å². The first-order valence-electron chi connectivity index (χ1n) is 7.84. The van der Waals surface area contributed by atoms with Crippen LogP contribution in [0.1, 0.15) is 56.3 Å². The minimum absolute atomic E-state index is 0.0443. The van der Waals surface area contributed by atoms with Gasteiger partial charge in [0.2, 0.25) is 0 Å². The van der Waals surface area contributed by atoms with Crippen molar-refractivity contribution in [2.24, 2.45) is 0 Å². The van der Waals surface area contributed by atoms with E-state index in [1.807, 2.05) is 32.6 Å². The van der Waals surface area contributed by atoms with Crippen LogP contribution < -0.4 is 0 Å². The first kappa shape index (κ1) is 15.7. The van der Waals surface area contributed by atoms with E-state index in [0.29, 0.717) is 12.8 Å². The lowest BCUT2D eigenvalue weighted by atomic mass is 9.87. The summed E-state index contributed by atoms with van der Waals surface area (Å²) in [6.07, 6.45) is 4.51. The molecular weight excluding hydrogens is 300 g/mol. The third kappa shape index (κ3) is 2.86. The largest absolute Gasteiger partial charge is 0.444 e. The number of carbonyl (C=O) groups is 1. The lowest BCUT2D eigenvalue weighted by molar-refractivity contribution is -0.0625. The average Bonchev–Trinajstić information content (AvgIpc) is 2.91. The number of rotatable bonds is 1. The fraction of sp³-hybridized carbons (Fsp3) is 0.750. The Labute approximate surface area is 135 Å². The molecule has 0 aliphatic carbocycles. The number of hydrogen-bond donors (Lipinski definition) is 1. The summed E-state index contributed by atoms with van der Waals surface area (Å²) in [6.45, 7) is 7.64. The van der Waals surface area contributed by atoms with Crippen LogP contribution in [-0.2, 0) is 10.3 Å². The van der Waals surface area contributed by atoms with E-state index in [2.05, 4.69) is 4.98 Å². The monoisotopic (exact) mass is 324 g/mol. The van der Waals surface area contributed by atoms with Crippen LogP contribution in [0.3, 0.4) is 0 Å². The summed E-state index contributed by atoms with van der Waals surface area (Å²) in [5, 5.41) is 11.8. The maximum Gasteiger partial charge on any atom is 0.410 e. The van der Waals surface area contributed by atoms with Gasteiger partial charge >= 0.3 is 6.09 Å². The molecule has 6 heteroatoms. The summed E-state index contributed by atoms with van der Waals surface area (Å²) < 4.78 is 5.53. The Morgan fingerprint density at radius 2 is 2.00 bits per heavy atom. The van der Waals surface area contributed by atoms with Gasteiger partial charge in [0.1, 0.15) is 16.2 Å². The van der Waals surface area contributed by atoms with Crippen molar-refractivity contribution in [2.75, 3.05) is 0 Å². The smallest absolute Gasteiger partial charge is 0.410 e. The molecule has 1 N–H and O–H groups in total. The van der Waals surface area contributed by atoms with Crippen molar-refractivity contribution in [1.29, 1.82) is 0 Å². The van der Waals surface area contributed by atoms with Gasteiger partial charge in [-0.1, -0.05) is 0 Å². The van der Waals surface area contributed by atoms with Crippen molar-refractivity contribution in [3.63, 3.8) is 0 Å². The third-order valence-corrected chi connectivity index (χ3v) is 5.50. The molecule has 3 rings (SSSR count). The standard InChI is InChI=1S/C16H24N2O3S/c1-10-9-17-13(22-10)16(20)7-11-5-6-12(8-16)18(11)14(19)21-15(2,3)4/h9,11-12,20H,5-8H2,1-4H3. The van der Waals surface area contributed by atoms with E-state index in [1.165, 1.54) is 0 Å². The number of fused-ring (bicyclic) bond motifs is 2. The topological polar surface area (TPSA) is 62.7 Å². The molecule has 2 bridgehead atoms. The Balaban J connectivity index is 1.78. The summed E-state index contributed by atoms with van der Waals surface area (Å²) in [7, 11) is 0. The molecule has 1 aromatic heterocycles. The molecule has 0 spiro atoms. The Kier molecular flexibility index (Phi) is 3.72. The second kappa shape index (κ2) is 5.20. The van der Waals surface area contributed by atoms with Crippen LogP contribution in [0.4, 0.5) is 4.79 Å². The molecule has 0 aromatic carbocycles. The van der Waals surface area contributed by atoms with Crippen molar-refractivity contribution in [1.82, 2.24) is 9.88 Å². The summed E-state index contributed by atoms with van der Waals surface area (Å²) in [5.41, 5.74) is -1.39. The highest BCUT2D eigenvalue weighted by Crippen LogP contribution is 2.46. The average molecular weight is 324 g/mol. The van der Waals surface area contributed by atoms with Gasteiger partial charge in [-0.25, -0.2) is 9.78 Å². The molecule has 2 aliphatic heterocycles. The zero-order valence-electron chi connectivity index (χ0n) is 13.6. The number of aromatic nitrogens is 1. The van der Waals surface area contributed by atoms with Crippen molar-refractivity contribution in [3.8, 4) is 0 Å². The molecule has 1 amide bonds. The van der Waals surface area contributed by atoms with Crippen molar-refractivity contribution >= 4 is 17.4 Å². The van der Waals surface area contributed by atoms with E-state index >= 15 is 0 Å². The Morgan fingerprint density at radius 3 is 2.45 bits per heavy atom. The Morgan fingerprint density at radius 1 is 1.41 bits per heavy atom. The second-order valence-corrected chi connectivity index (χ2v) is 8.72. The first-order chi connectivity index (χ1) is 10.2. The number of aryl methyl sites for hydroxylation is 1. The maximum atomic E-state index is 12.4. The third-order valence-electron chi connectivity index (χ3n) is 4.39. The number of amides is 1. The molecule has 2 atom stereocenters. The Bertz CT molecular complexity index is 564. The highest BCUT2D eigenvalue weighted by molar-refractivity contribution is 7.11. The van der Waals surface area contributed by atoms with Crippen LogP contribution in [0, 0.1) is 6.92 Å². The summed E-state index contributed by atoms with van der Waals surface area (Å²) in [5.74, 6) is 0. The van der Waals surface area contributed by atoms with E-state index in [-0.39, 0.29) is 18.2 Å². The summed E-state index contributed by atoms with van der Waals surface area (Å²) >= 11 is 1.55. The highest BCUT2D eigenvalue weighted by atomic mass is 32.1. The van der Waals surface area contributed by atoms with E-state index in [4.69, 9.17) is 4.74 Å². The number of piperidine rings is 1. The van der Waals surface area contributed by atoms with E-state index in [0.717, 1.165) is 22.7 Å². The van der Waals surface area contributed by atoms with Crippen LogP contribution in [0.2, 0.25) is 0 Å². The fourth-order valence-corrected chi connectivity index (χ4v) is 4.45. The van der Waals surface area contributed by atoms with Crippen molar-refractivity contribution in [2.45, 2.75) is 76.7 Å². The number of thiazole rings is 1. The normalized spacial score (nSPS) is 31.4. The van der Waals surface area contributed by atoms with Gasteiger partial charge in [-0.2, -0.15) is 0 Å². The first-order valence-corrected chi connectivity index (χ1v) is 8.66. The highest BCUT2D eigenvalue weighted by Gasteiger charge is 2.52. The van der Waals surface area contributed by atoms with Crippen LogP contribution in [-0.4, -0.2) is 38.8 Å². The quantitative estimate of drug-likeness (QED) is 0.861. The summed E-state index contributed by atoms with van der Waals surface area (Å²) in [4.78, 5) is 19.8. The van der Waals surface area contributed by atoms with Gasteiger partial charge in [0.05, 0.1) is 0 Å². The molecule has 2 unspecified atom stereocenters. The van der Waals surface area contributed by atoms with Crippen LogP contribution in [0.5, 0.6) is 0 Å². The molecule has 3 heterocycles. The molecule has 0 radical (unpaired) electrons. The maximum absolute atomic E-state index is 12.4. The number of carbonyl (C=O) groups excluding carboxylic acids is 1. The number of hydrogen-bond acceptors (Lipinski definition) is 5. The van der Waals surface area contributed by atoms with E-state index in [9.17, 15) is 9.90 Å². The van der Waals surface area contributed by atoms with E-state index < -0.39 is 11.2 Å². The minimum atomic E-state index is -0.900. The van der Waals surface area contributed by atoms with Gasteiger partial charge in [-0.3, -0.25) is 0 Å². The molecule has 22 heavy (non-hydrogen) atoms. The predicted molar refractivity (Wildman–Crippen MR) is 84.9 cm³/mol. The number of nitrogens with zero attached hydrogens (tertiary/aromatic N) is 2. The Hall–Kier alpha value is -1.14. The molecule has 0 saturated carbocycles. The fourth-order valence-electron chi connectivity index (χ4n) is 3.58. The van der Waals surface area contributed by atoms with Gasteiger partial charge in [0.15, 0.2) is 0 Å². The van der Waals surface area contributed by atoms with E-state index in [1.54, 1.807) is 17.5 Å². The molecular formula is C16H24N2O3S. The van der Waals surface area contributed by atoms with Gasteiger partial charge < -0.3 is 14.7 Å². The second-order valence-electron chi connectivity index (χ2n) is 7.49. The zero-order valence-corrected chi connectivity index (χ0v) is 14.4. The van der Waals surface area contributed by atoms with Crippen LogP contribution >= 0.6 is 11.3 Å². The predicted octanol–water partition coefficient (Wildman–Crippen LogP) is 3.20. The van der Waals surface area contributed by atoms with Crippen molar-refractivity contribution < 1.29 is 14.6 Å². The lowest BCUT2D eigenvalue weighted by Crippen LogP contribution is -2.53. The summed E-state index contributed by atoms with van der Waals surface area (Å²) in [6, 6.07) is 0.0885. The molecule has 2 fully saturated rings. The molecule has 2 saturated heterocycles. The molecule has 1 aromatic rings. The van der Waals surface area contributed by atoms with Gasteiger partial charge in [0, 0.05) is 36.0 Å².